The lowest BCUT2D eigenvalue weighted by atomic mass is 9.82. The molecule has 6 heteroatoms. The number of aryl methyl sites for hydroxylation is 1. The Morgan fingerprint density at radius 1 is 1.15 bits per heavy atom. The molecule has 26 heavy (non-hydrogen) atoms. The summed E-state index contributed by atoms with van der Waals surface area (Å²) in [6, 6.07) is 7.69. The van der Waals surface area contributed by atoms with Crippen LogP contribution in [0.5, 0.6) is 0 Å². The third-order valence-corrected chi connectivity index (χ3v) is 5.47. The normalized spacial score (nSPS) is 18.9. The van der Waals surface area contributed by atoms with E-state index in [1.807, 2.05) is 31.2 Å². The van der Waals surface area contributed by atoms with Crippen LogP contribution in [0.15, 0.2) is 24.3 Å². The van der Waals surface area contributed by atoms with Gasteiger partial charge in [-0.05, 0) is 25.3 Å². The van der Waals surface area contributed by atoms with Crippen molar-refractivity contribution in [3.05, 3.63) is 35.4 Å². The fourth-order valence-electron chi connectivity index (χ4n) is 3.83. The lowest BCUT2D eigenvalue weighted by Crippen LogP contribution is -2.48. The lowest BCUT2D eigenvalue weighted by Gasteiger charge is -2.30. The topological polar surface area (TPSA) is 69.7 Å². The molecule has 1 saturated carbocycles. The van der Waals surface area contributed by atoms with Gasteiger partial charge >= 0.3 is 6.03 Å². The number of rotatable bonds is 5. The molecule has 2 fully saturated rings. The summed E-state index contributed by atoms with van der Waals surface area (Å²) in [5, 5.41) is 2.88. The molecule has 1 N–H and O–H groups in total. The maximum atomic E-state index is 12.7. The maximum absolute atomic E-state index is 12.7. The van der Waals surface area contributed by atoms with Crippen LogP contribution in [0.1, 0.15) is 49.7 Å². The molecule has 1 aliphatic carbocycles. The Labute approximate surface area is 154 Å². The number of benzene rings is 1. The van der Waals surface area contributed by atoms with Gasteiger partial charge in [0.05, 0.1) is 0 Å². The van der Waals surface area contributed by atoms with E-state index in [2.05, 4.69) is 5.32 Å². The monoisotopic (exact) mass is 357 g/mol. The number of hydrogen-bond donors (Lipinski definition) is 1. The van der Waals surface area contributed by atoms with Gasteiger partial charge in [0.25, 0.3) is 5.91 Å². The van der Waals surface area contributed by atoms with Gasteiger partial charge in [-0.15, -0.1) is 0 Å². The van der Waals surface area contributed by atoms with Crippen molar-refractivity contribution in [2.24, 2.45) is 0 Å². The van der Waals surface area contributed by atoms with Crippen LogP contribution in [-0.4, -0.2) is 46.8 Å². The summed E-state index contributed by atoms with van der Waals surface area (Å²) in [5.41, 5.74) is 1.52. The van der Waals surface area contributed by atoms with E-state index < -0.39 is 5.54 Å². The molecule has 1 aromatic rings. The van der Waals surface area contributed by atoms with E-state index in [4.69, 9.17) is 0 Å². The Morgan fingerprint density at radius 3 is 2.46 bits per heavy atom. The Kier molecular flexibility index (Phi) is 5.30. The standard InChI is InChI=1S/C20H27N3O3/c1-15-6-8-16(9-7-15)14-22(2)17(24)10-13-23-18(25)20(21-19(23)26)11-4-3-5-12-20/h6-9H,3-5,10-14H2,1-2H3,(H,21,26). The molecule has 0 unspecified atom stereocenters. The molecular formula is C20H27N3O3. The highest BCUT2D eigenvalue weighted by Gasteiger charge is 2.51. The summed E-state index contributed by atoms with van der Waals surface area (Å²) in [6.07, 6.45) is 4.58. The molecular weight excluding hydrogens is 330 g/mol. The Hall–Kier alpha value is -2.37. The molecule has 2 aliphatic rings. The summed E-state index contributed by atoms with van der Waals surface area (Å²) in [7, 11) is 1.75. The second-order valence-corrected chi connectivity index (χ2v) is 7.52. The van der Waals surface area contributed by atoms with Crippen LogP contribution in [-0.2, 0) is 16.1 Å². The molecule has 3 rings (SSSR count). The quantitative estimate of drug-likeness (QED) is 0.824. The number of urea groups is 1. The largest absolute Gasteiger partial charge is 0.341 e. The molecule has 1 aliphatic heterocycles. The first-order valence-electron chi connectivity index (χ1n) is 9.35. The molecule has 0 bridgehead atoms. The lowest BCUT2D eigenvalue weighted by molar-refractivity contribution is -0.134. The fourth-order valence-corrected chi connectivity index (χ4v) is 3.83. The molecule has 0 atom stereocenters. The van der Waals surface area contributed by atoms with Crippen molar-refractivity contribution in [1.29, 1.82) is 0 Å². The van der Waals surface area contributed by atoms with Crippen molar-refractivity contribution in [2.75, 3.05) is 13.6 Å². The predicted molar refractivity (Wildman–Crippen MR) is 98.3 cm³/mol. The van der Waals surface area contributed by atoms with Crippen molar-refractivity contribution in [2.45, 2.75) is 57.5 Å². The summed E-state index contributed by atoms with van der Waals surface area (Å²) in [5.74, 6) is -0.230. The van der Waals surface area contributed by atoms with Gasteiger partial charge in [0.15, 0.2) is 0 Å². The second-order valence-electron chi connectivity index (χ2n) is 7.52. The number of imide groups is 1. The number of carbonyl (C=O) groups is 3. The van der Waals surface area contributed by atoms with E-state index in [9.17, 15) is 14.4 Å². The van der Waals surface area contributed by atoms with Crippen LogP contribution in [0.3, 0.4) is 0 Å². The van der Waals surface area contributed by atoms with E-state index in [1.54, 1.807) is 11.9 Å². The van der Waals surface area contributed by atoms with Crippen LogP contribution >= 0.6 is 0 Å². The van der Waals surface area contributed by atoms with Crippen LogP contribution in [0.4, 0.5) is 4.79 Å². The molecule has 0 radical (unpaired) electrons. The first kappa shape index (κ1) is 18.4. The molecule has 1 spiro atoms. The zero-order chi connectivity index (χ0) is 18.7. The maximum Gasteiger partial charge on any atom is 0.325 e. The van der Waals surface area contributed by atoms with Crippen molar-refractivity contribution in [1.82, 2.24) is 15.1 Å². The van der Waals surface area contributed by atoms with E-state index >= 15 is 0 Å². The predicted octanol–water partition coefficient (Wildman–Crippen LogP) is 2.60. The summed E-state index contributed by atoms with van der Waals surface area (Å²) < 4.78 is 0. The summed E-state index contributed by atoms with van der Waals surface area (Å²) >= 11 is 0. The fraction of sp³-hybridized carbons (Fsp3) is 0.550. The minimum atomic E-state index is -0.716. The number of carbonyl (C=O) groups excluding carboxylic acids is 3. The Morgan fingerprint density at radius 2 is 1.81 bits per heavy atom. The summed E-state index contributed by atoms with van der Waals surface area (Å²) in [6.45, 7) is 2.68. The molecule has 4 amide bonds. The number of nitrogens with one attached hydrogen (secondary N) is 1. The first-order valence-corrected chi connectivity index (χ1v) is 9.35. The number of hydrogen-bond acceptors (Lipinski definition) is 3. The van der Waals surface area contributed by atoms with E-state index in [-0.39, 0.29) is 30.8 Å². The van der Waals surface area contributed by atoms with Gasteiger partial charge in [0.2, 0.25) is 5.91 Å². The third kappa shape index (κ3) is 3.74. The highest BCUT2D eigenvalue weighted by Crippen LogP contribution is 2.33. The van der Waals surface area contributed by atoms with E-state index in [1.165, 1.54) is 10.5 Å². The van der Waals surface area contributed by atoms with Gasteiger partial charge in [-0.25, -0.2) is 4.79 Å². The Bertz CT molecular complexity index is 693. The highest BCUT2D eigenvalue weighted by atomic mass is 16.2. The zero-order valence-corrected chi connectivity index (χ0v) is 15.6. The van der Waals surface area contributed by atoms with Crippen molar-refractivity contribution in [3.8, 4) is 0 Å². The molecule has 1 saturated heterocycles. The SMILES string of the molecule is Cc1ccc(CN(C)C(=O)CCN2C(=O)NC3(CCCCC3)C2=O)cc1. The van der Waals surface area contributed by atoms with Crippen molar-refractivity contribution < 1.29 is 14.4 Å². The molecule has 1 aromatic carbocycles. The van der Waals surface area contributed by atoms with Crippen LogP contribution in [0.25, 0.3) is 0 Å². The summed E-state index contributed by atoms with van der Waals surface area (Å²) in [4.78, 5) is 40.2. The Balaban J connectivity index is 1.54. The van der Waals surface area contributed by atoms with Gasteiger partial charge in [-0.2, -0.15) is 0 Å². The van der Waals surface area contributed by atoms with E-state index in [0.29, 0.717) is 19.4 Å². The van der Waals surface area contributed by atoms with Gasteiger partial charge in [-0.3, -0.25) is 14.5 Å². The minimum Gasteiger partial charge on any atom is -0.341 e. The van der Waals surface area contributed by atoms with Crippen molar-refractivity contribution >= 4 is 17.8 Å². The van der Waals surface area contributed by atoms with Crippen molar-refractivity contribution in [3.63, 3.8) is 0 Å². The number of nitrogens with zero attached hydrogens (tertiary/aromatic N) is 2. The van der Waals surface area contributed by atoms with Gasteiger partial charge in [-0.1, -0.05) is 49.1 Å². The van der Waals surface area contributed by atoms with Gasteiger partial charge in [0, 0.05) is 26.6 Å². The van der Waals surface area contributed by atoms with E-state index in [0.717, 1.165) is 24.8 Å². The second kappa shape index (κ2) is 7.48. The average Bonchev–Trinajstić information content (AvgIpc) is 2.85. The number of amides is 4. The van der Waals surface area contributed by atoms with Gasteiger partial charge < -0.3 is 10.2 Å². The average molecular weight is 357 g/mol. The smallest absolute Gasteiger partial charge is 0.325 e. The zero-order valence-electron chi connectivity index (χ0n) is 15.6. The molecule has 6 nitrogen and oxygen atoms in total. The molecule has 1 heterocycles. The minimum absolute atomic E-state index is 0.0734. The highest BCUT2D eigenvalue weighted by molar-refractivity contribution is 6.07. The first-order chi connectivity index (χ1) is 12.4. The molecule has 140 valence electrons. The third-order valence-electron chi connectivity index (χ3n) is 5.47. The van der Waals surface area contributed by atoms with Crippen LogP contribution in [0, 0.1) is 6.92 Å². The van der Waals surface area contributed by atoms with Crippen LogP contribution in [0.2, 0.25) is 0 Å². The van der Waals surface area contributed by atoms with Crippen LogP contribution < -0.4 is 5.32 Å². The van der Waals surface area contributed by atoms with Gasteiger partial charge in [0.1, 0.15) is 5.54 Å². The molecule has 0 aromatic heterocycles.